The van der Waals surface area contributed by atoms with Crippen LogP contribution >= 0.6 is 0 Å². The van der Waals surface area contributed by atoms with Crippen LogP contribution in [0.2, 0.25) is 0 Å². The Morgan fingerprint density at radius 3 is 3.17 bits per heavy atom. The molecule has 0 fully saturated rings. The number of aromatic amines is 1. The second kappa shape index (κ2) is 5.03. The standard InChI is InChI=1S/C11H9N5O2/c12-16-13-5-1-2-7-3-4-9-8(6-7)10(11(17)18)15-14-9/h1-4,6H,5H2,(H,14,15)(H,17,18). The maximum atomic E-state index is 10.9. The van der Waals surface area contributed by atoms with Gasteiger partial charge in [-0.25, -0.2) is 4.79 Å². The molecule has 0 amide bonds. The lowest BCUT2D eigenvalue weighted by molar-refractivity contribution is 0.0692. The molecule has 0 saturated heterocycles. The van der Waals surface area contributed by atoms with Crippen LogP contribution in [0.5, 0.6) is 0 Å². The van der Waals surface area contributed by atoms with Gasteiger partial charge in [-0.05, 0) is 23.2 Å². The number of benzene rings is 1. The zero-order valence-corrected chi connectivity index (χ0v) is 9.24. The normalized spacial score (nSPS) is 10.7. The van der Waals surface area contributed by atoms with E-state index in [1.807, 2.05) is 6.07 Å². The number of azide groups is 1. The lowest BCUT2D eigenvalue weighted by Crippen LogP contribution is -1.96. The fraction of sp³-hybridized carbons (Fsp3) is 0.0909. The van der Waals surface area contributed by atoms with E-state index in [2.05, 4.69) is 20.2 Å². The molecule has 1 heterocycles. The van der Waals surface area contributed by atoms with Crippen LogP contribution in [0.1, 0.15) is 16.1 Å². The minimum atomic E-state index is -1.07. The number of rotatable bonds is 4. The molecule has 2 aromatic rings. The average Bonchev–Trinajstić information content (AvgIpc) is 2.77. The number of nitrogens with zero attached hydrogens (tertiary/aromatic N) is 4. The first-order valence-corrected chi connectivity index (χ1v) is 5.11. The van der Waals surface area contributed by atoms with Gasteiger partial charge in [-0.15, -0.1) is 0 Å². The zero-order valence-electron chi connectivity index (χ0n) is 9.24. The molecule has 7 nitrogen and oxygen atoms in total. The van der Waals surface area contributed by atoms with Gasteiger partial charge in [0.1, 0.15) is 0 Å². The Kier molecular flexibility index (Phi) is 3.26. The SMILES string of the molecule is [N-]=[N+]=NCC=Cc1ccc2[nH]nc(C(=O)O)c2c1. The summed E-state index contributed by atoms with van der Waals surface area (Å²) in [5.41, 5.74) is 9.60. The Balaban J connectivity index is 2.36. The lowest BCUT2D eigenvalue weighted by Gasteiger charge is -1.94. The third kappa shape index (κ3) is 2.31. The average molecular weight is 243 g/mol. The number of carbonyl (C=O) groups is 1. The van der Waals surface area contributed by atoms with Crippen LogP contribution in [-0.4, -0.2) is 27.8 Å². The molecule has 1 aromatic heterocycles. The predicted molar refractivity (Wildman–Crippen MR) is 66.1 cm³/mol. The Hall–Kier alpha value is -2.79. The summed E-state index contributed by atoms with van der Waals surface area (Å²) in [5, 5.41) is 19.3. The Morgan fingerprint density at radius 2 is 2.44 bits per heavy atom. The summed E-state index contributed by atoms with van der Waals surface area (Å²) in [7, 11) is 0. The highest BCUT2D eigenvalue weighted by molar-refractivity contribution is 6.01. The van der Waals surface area contributed by atoms with Crippen molar-refractivity contribution in [2.45, 2.75) is 0 Å². The minimum Gasteiger partial charge on any atom is -0.476 e. The van der Waals surface area contributed by atoms with Crippen molar-refractivity contribution in [2.24, 2.45) is 5.11 Å². The topological polar surface area (TPSA) is 115 Å². The van der Waals surface area contributed by atoms with Gasteiger partial charge in [0.2, 0.25) is 0 Å². The molecule has 0 aliphatic carbocycles. The number of aromatic nitrogens is 2. The van der Waals surface area contributed by atoms with E-state index in [1.54, 1.807) is 24.3 Å². The van der Waals surface area contributed by atoms with Gasteiger partial charge in [-0.1, -0.05) is 23.3 Å². The molecule has 0 aliphatic heterocycles. The second-order valence-corrected chi connectivity index (χ2v) is 3.50. The van der Waals surface area contributed by atoms with Crippen molar-refractivity contribution in [2.75, 3.05) is 6.54 Å². The molecule has 90 valence electrons. The summed E-state index contributed by atoms with van der Waals surface area (Å²) < 4.78 is 0. The van der Waals surface area contributed by atoms with E-state index in [0.717, 1.165) is 5.56 Å². The molecule has 7 heteroatoms. The van der Waals surface area contributed by atoms with Crippen LogP contribution in [0.25, 0.3) is 27.4 Å². The number of nitrogens with one attached hydrogen (secondary N) is 1. The van der Waals surface area contributed by atoms with Crippen molar-refractivity contribution in [3.63, 3.8) is 0 Å². The Labute approximate surface area is 101 Å². The molecule has 2 rings (SSSR count). The van der Waals surface area contributed by atoms with Gasteiger partial charge >= 0.3 is 5.97 Å². The molecule has 0 spiro atoms. The first kappa shape index (κ1) is 11.7. The van der Waals surface area contributed by atoms with E-state index >= 15 is 0 Å². The molecule has 0 atom stereocenters. The molecular formula is C11H9N5O2. The molecule has 0 bridgehead atoms. The highest BCUT2D eigenvalue weighted by Gasteiger charge is 2.12. The molecule has 0 saturated carbocycles. The summed E-state index contributed by atoms with van der Waals surface area (Å²) >= 11 is 0. The van der Waals surface area contributed by atoms with E-state index in [0.29, 0.717) is 10.9 Å². The fourth-order valence-electron chi connectivity index (χ4n) is 1.57. The van der Waals surface area contributed by atoms with Crippen LogP contribution in [-0.2, 0) is 0 Å². The molecular weight excluding hydrogens is 234 g/mol. The molecule has 2 N–H and O–H groups in total. The third-order valence-electron chi connectivity index (χ3n) is 2.35. The van der Waals surface area contributed by atoms with Crippen molar-refractivity contribution in [3.8, 4) is 0 Å². The van der Waals surface area contributed by atoms with Gasteiger partial charge in [0, 0.05) is 16.8 Å². The number of carboxylic acid groups (broad SMARTS) is 1. The van der Waals surface area contributed by atoms with Gasteiger partial charge in [0.25, 0.3) is 0 Å². The molecule has 0 radical (unpaired) electrons. The fourth-order valence-corrected chi connectivity index (χ4v) is 1.57. The van der Waals surface area contributed by atoms with Gasteiger partial charge < -0.3 is 5.11 Å². The van der Waals surface area contributed by atoms with Crippen molar-refractivity contribution < 1.29 is 9.90 Å². The van der Waals surface area contributed by atoms with Gasteiger partial charge in [0.15, 0.2) is 5.69 Å². The summed E-state index contributed by atoms with van der Waals surface area (Å²) in [6, 6.07) is 5.29. The van der Waals surface area contributed by atoms with Crippen molar-refractivity contribution in [1.82, 2.24) is 10.2 Å². The highest BCUT2D eigenvalue weighted by atomic mass is 16.4. The molecule has 0 aliphatic rings. The van der Waals surface area contributed by atoms with Gasteiger partial charge in [-0.3, -0.25) is 5.10 Å². The highest BCUT2D eigenvalue weighted by Crippen LogP contribution is 2.18. The Bertz CT molecular complexity index is 667. The van der Waals surface area contributed by atoms with Crippen LogP contribution < -0.4 is 0 Å². The van der Waals surface area contributed by atoms with E-state index in [4.69, 9.17) is 10.6 Å². The second-order valence-electron chi connectivity index (χ2n) is 3.50. The summed E-state index contributed by atoms with van der Waals surface area (Å²) in [6.07, 6.45) is 3.45. The number of H-pyrrole nitrogens is 1. The van der Waals surface area contributed by atoms with Gasteiger partial charge in [-0.2, -0.15) is 5.10 Å². The first-order valence-electron chi connectivity index (χ1n) is 5.11. The van der Waals surface area contributed by atoms with Crippen LogP contribution in [0.15, 0.2) is 29.4 Å². The maximum Gasteiger partial charge on any atom is 0.357 e. The van der Waals surface area contributed by atoms with Crippen molar-refractivity contribution >= 4 is 22.9 Å². The summed E-state index contributed by atoms with van der Waals surface area (Å²) in [6.45, 7) is 0.256. The van der Waals surface area contributed by atoms with Crippen LogP contribution in [0.4, 0.5) is 0 Å². The third-order valence-corrected chi connectivity index (χ3v) is 2.35. The number of fused-ring (bicyclic) bond motifs is 1. The number of aromatic carboxylic acids is 1. The van der Waals surface area contributed by atoms with E-state index in [9.17, 15) is 4.79 Å². The lowest BCUT2D eigenvalue weighted by atomic mass is 10.1. The largest absolute Gasteiger partial charge is 0.476 e. The smallest absolute Gasteiger partial charge is 0.357 e. The maximum absolute atomic E-state index is 10.9. The predicted octanol–water partition coefficient (Wildman–Crippen LogP) is 2.58. The molecule has 0 unspecified atom stereocenters. The van der Waals surface area contributed by atoms with Crippen LogP contribution in [0, 0.1) is 0 Å². The zero-order chi connectivity index (χ0) is 13.0. The molecule has 1 aromatic carbocycles. The number of hydrogen-bond acceptors (Lipinski definition) is 3. The van der Waals surface area contributed by atoms with Crippen molar-refractivity contribution in [3.05, 3.63) is 46.0 Å². The Morgan fingerprint density at radius 1 is 1.61 bits per heavy atom. The van der Waals surface area contributed by atoms with Crippen molar-refractivity contribution in [1.29, 1.82) is 0 Å². The molecule has 18 heavy (non-hydrogen) atoms. The van der Waals surface area contributed by atoms with E-state index in [-0.39, 0.29) is 12.2 Å². The number of carboxylic acids is 1. The van der Waals surface area contributed by atoms with E-state index < -0.39 is 5.97 Å². The van der Waals surface area contributed by atoms with Gasteiger partial charge in [0.05, 0.1) is 5.52 Å². The number of hydrogen-bond donors (Lipinski definition) is 2. The quantitative estimate of drug-likeness (QED) is 0.488. The minimum absolute atomic E-state index is 0.00436. The summed E-state index contributed by atoms with van der Waals surface area (Å²) in [4.78, 5) is 13.6. The summed E-state index contributed by atoms with van der Waals surface area (Å²) in [5.74, 6) is -1.07. The first-order chi connectivity index (χ1) is 8.72. The monoisotopic (exact) mass is 243 g/mol. The van der Waals surface area contributed by atoms with E-state index in [1.165, 1.54) is 0 Å². The van der Waals surface area contributed by atoms with Crippen LogP contribution in [0.3, 0.4) is 0 Å².